The van der Waals surface area contributed by atoms with Crippen molar-refractivity contribution in [2.45, 2.75) is 103 Å². The van der Waals surface area contributed by atoms with Gasteiger partial charge in [0.25, 0.3) is 5.91 Å². The van der Waals surface area contributed by atoms with Crippen molar-refractivity contribution in [1.82, 2.24) is 15.3 Å². The molecule has 0 spiro atoms. The van der Waals surface area contributed by atoms with Crippen molar-refractivity contribution in [1.29, 1.82) is 5.26 Å². The number of hydrogen-bond acceptors (Lipinski definition) is 6. The first-order chi connectivity index (χ1) is 18.9. The minimum atomic E-state index is -0.933. The van der Waals surface area contributed by atoms with E-state index in [1.165, 1.54) is 0 Å². The predicted molar refractivity (Wildman–Crippen MR) is 164 cm³/mol. The first-order valence-electron chi connectivity index (χ1n) is 14.2. The molecule has 2 heterocycles. The second kappa shape index (κ2) is 10.3. The number of amides is 1. The number of hydrogen-bond donors (Lipinski definition) is 1. The molecule has 41 heavy (non-hydrogen) atoms. The van der Waals surface area contributed by atoms with Crippen molar-refractivity contribution >= 4 is 11.6 Å². The summed E-state index contributed by atoms with van der Waals surface area (Å²) >= 11 is 0. The van der Waals surface area contributed by atoms with Crippen molar-refractivity contribution < 1.29 is 9.53 Å². The zero-order chi connectivity index (χ0) is 30.4. The number of benzene rings is 2. The Kier molecular flexibility index (Phi) is 7.56. The lowest BCUT2D eigenvalue weighted by Crippen LogP contribution is -2.78. The van der Waals surface area contributed by atoms with Crippen LogP contribution in [0.1, 0.15) is 91.0 Å². The number of aromatic nitrogens is 2. The Balaban J connectivity index is 1.53. The zero-order valence-electron chi connectivity index (χ0n) is 26.1. The molecule has 1 N–H and O–H groups in total. The van der Waals surface area contributed by atoms with Crippen LogP contribution in [0.4, 0.5) is 5.69 Å². The molecule has 2 aromatic carbocycles. The summed E-state index contributed by atoms with van der Waals surface area (Å²) < 4.78 is 6.65. The van der Waals surface area contributed by atoms with Crippen molar-refractivity contribution in [3.8, 4) is 17.3 Å². The Bertz CT molecular complexity index is 1440. The Labute approximate surface area is 245 Å². The third kappa shape index (κ3) is 5.71. The van der Waals surface area contributed by atoms with Gasteiger partial charge in [-0.05, 0) is 105 Å². The maximum atomic E-state index is 12.5. The molecule has 216 valence electrons. The minimum Gasteiger partial charge on any atom is -0.365 e. The van der Waals surface area contributed by atoms with Crippen LogP contribution < -0.4 is 10.2 Å². The van der Waals surface area contributed by atoms with Crippen LogP contribution in [0.15, 0.2) is 60.8 Å². The summed E-state index contributed by atoms with van der Waals surface area (Å²) in [5, 5.41) is 11.9. The van der Waals surface area contributed by atoms with Gasteiger partial charge in [-0.2, -0.15) is 5.26 Å². The second-order valence-electron chi connectivity index (χ2n) is 13.5. The lowest BCUT2D eigenvalue weighted by Gasteiger charge is -2.67. The van der Waals surface area contributed by atoms with E-state index in [0.29, 0.717) is 12.0 Å². The number of carbonyl (C=O) groups excluding carboxylic acids is 1. The van der Waals surface area contributed by atoms with Gasteiger partial charge in [0, 0.05) is 29.4 Å². The van der Waals surface area contributed by atoms with Crippen LogP contribution in [0.25, 0.3) is 11.3 Å². The van der Waals surface area contributed by atoms with Crippen LogP contribution >= 0.6 is 0 Å². The molecule has 4 rings (SSSR count). The lowest BCUT2D eigenvalue weighted by atomic mass is 9.71. The molecule has 1 saturated heterocycles. The molecule has 3 aromatic rings. The summed E-state index contributed by atoms with van der Waals surface area (Å²) in [6, 6.07) is 19.9. The zero-order valence-corrected chi connectivity index (χ0v) is 26.1. The third-order valence-corrected chi connectivity index (χ3v) is 8.99. The van der Waals surface area contributed by atoms with E-state index in [1.807, 2.05) is 18.2 Å². The van der Waals surface area contributed by atoms with Gasteiger partial charge in [-0.3, -0.25) is 4.79 Å². The van der Waals surface area contributed by atoms with Crippen LogP contribution in [-0.2, 0) is 11.2 Å². The molecule has 0 aliphatic carbocycles. The summed E-state index contributed by atoms with van der Waals surface area (Å²) in [5.74, 6) is 0.438. The smallest absolute Gasteiger partial charge is 0.252 e. The molecule has 0 unspecified atom stereocenters. The number of nitrogens with zero attached hydrogens (tertiary/aromatic N) is 4. The standard InChI is InChI=1S/C34H43N5O2/c1-30(2,22-35)38-29(40)25-15-13-24(14-16-25)27-19-20-36-28(37-27)21-23-11-17-26(18-12-23)39-31(3,4)33(7,8)41-34(9,10)32(39,5)6/h11-20H,21H2,1-10H3,(H,38,40). The van der Waals surface area contributed by atoms with Crippen LogP contribution in [-0.4, -0.2) is 43.7 Å². The highest BCUT2D eigenvalue weighted by Gasteiger charge is 2.60. The van der Waals surface area contributed by atoms with E-state index in [4.69, 9.17) is 9.72 Å². The highest BCUT2D eigenvalue weighted by molar-refractivity contribution is 5.95. The molecule has 0 radical (unpaired) electrons. The largest absolute Gasteiger partial charge is 0.365 e. The van der Waals surface area contributed by atoms with E-state index >= 15 is 0 Å². The molecule has 1 amide bonds. The van der Waals surface area contributed by atoms with Gasteiger partial charge >= 0.3 is 0 Å². The van der Waals surface area contributed by atoms with Crippen LogP contribution in [0, 0.1) is 11.3 Å². The summed E-state index contributed by atoms with van der Waals surface area (Å²) in [6.45, 7) is 21.0. The van der Waals surface area contributed by atoms with Gasteiger partial charge in [0.2, 0.25) is 0 Å². The maximum absolute atomic E-state index is 12.5. The van der Waals surface area contributed by atoms with Gasteiger partial charge in [0.05, 0.1) is 34.0 Å². The van der Waals surface area contributed by atoms with E-state index in [0.717, 1.165) is 28.3 Å². The highest BCUT2D eigenvalue weighted by atomic mass is 16.5. The van der Waals surface area contributed by atoms with E-state index in [9.17, 15) is 10.1 Å². The maximum Gasteiger partial charge on any atom is 0.252 e. The fraction of sp³-hybridized carbons (Fsp3) is 0.471. The Morgan fingerprint density at radius 1 is 0.902 bits per heavy atom. The van der Waals surface area contributed by atoms with E-state index in [-0.39, 0.29) is 28.2 Å². The quantitative estimate of drug-likeness (QED) is 0.364. The lowest BCUT2D eigenvalue weighted by molar-refractivity contribution is -0.213. The fourth-order valence-electron chi connectivity index (χ4n) is 5.54. The topological polar surface area (TPSA) is 91.1 Å². The second-order valence-corrected chi connectivity index (χ2v) is 13.5. The van der Waals surface area contributed by atoms with E-state index in [1.54, 1.807) is 32.2 Å². The van der Waals surface area contributed by atoms with Crippen molar-refractivity contribution in [3.63, 3.8) is 0 Å². The average molecular weight is 554 g/mol. The molecular formula is C34H43N5O2. The third-order valence-electron chi connectivity index (χ3n) is 8.99. The number of nitrogens with one attached hydrogen (secondary N) is 1. The number of morpholine rings is 1. The van der Waals surface area contributed by atoms with Crippen LogP contribution in [0.3, 0.4) is 0 Å². The monoisotopic (exact) mass is 553 g/mol. The van der Waals surface area contributed by atoms with Gasteiger partial charge in [-0.1, -0.05) is 24.3 Å². The normalized spacial score (nSPS) is 18.8. The Morgan fingerprint density at radius 3 is 2.00 bits per heavy atom. The molecule has 1 aromatic heterocycles. The molecule has 0 atom stereocenters. The Hall–Kier alpha value is -3.76. The summed E-state index contributed by atoms with van der Waals surface area (Å²) in [5.41, 5.74) is 2.33. The Morgan fingerprint density at radius 2 is 1.46 bits per heavy atom. The first kappa shape index (κ1) is 30.2. The number of anilines is 1. The molecular weight excluding hydrogens is 510 g/mol. The molecule has 7 nitrogen and oxygen atoms in total. The van der Waals surface area contributed by atoms with Gasteiger partial charge < -0.3 is 15.0 Å². The summed E-state index contributed by atoms with van der Waals surface area (Å²) in [4.78, 5) is 24.3. The molecule has 1 fully saturated rings. The van der Waals surface area contributed by atoms with E-state index in [2.05, 4.69) is 101 Å². The summed E-state index contributed by atoms with van der Waals surface area (Å²) in [6.07, 6.45) is 2.37. The van der Waals surface area contributed by atoms with Crippen LogP contribution in [0.5, 0.6) is 0 Å². The van der Waals surface area contributed by atoms with Crippen LogP contribution in [0.2, 0.25) is 0 Å². The molecule has 1 aliphatic rings. The van der Waals surface area contributed by atoms with Gasteiger partial charge in [-0.25, -0.2) is 9.97 Å². The van der Waals surface area contributed by atoms with Crippen molar-refractivity contribution in [2.75, 3.05) is 4.90 Å². The molecule has 1 aliphatic heterocycles. The number of rotatable bonds is 6. The molecule has 7 heteroatoms. The van der Waals surface area contributed by atoms with Crippen molar-refractivity contribution in [3.05, 3.63) is 77.7 Å². The predicted octanol–water partition coefficient (Wildman–Crippen LogP) is 6.72. The van der Waals surface area contributed by atoms with Crippen molar-refractivity contribution in [2.24, 2.45) is 0 Å². The molecule has 0 saturated carbocycles. The fourth-order valence-corrected chi connectivity index (χ4v) is 5.54. The van der Waals surface area contributed by atoms with Gasteiger partial charge in [0.1, 0.15) is 11.4 Å². The number of nitriles is 1. The SMILES string of the molecule is CC(C)(C#N)NC(=O)c1ccc(-c2ccnc(Cc3ccc(N4C(C)(C)C(C)(C)OC(C)(C)C4(C)C)cc3)n2)cc1. The average Bonchev–Trinajstić information content (AvgIpc) is 2.88. The highest BCUT2D eigenvalue weighted by Crippen LogP contribution is 2.51. The first-order valence-corrected chi connectivity index (χ1v) is 14.2. The minimum absolute atomic E-state index is 0.243. The number of carbonyl (C=O) groups is 1. The van der Waals surface area contributed by atoms with Gasteiger partial charge in [0.15, 0.2) is 0 Å². The molecule has 0 bridgehead atoms. The summed E-state index contributed by atoms with van der Waals surface area (Å²) in [7, 11) is 0. The van der Waals surface area contributed by atoms with Gasteiger partial charge in [-0.15, -0.1) is 0 Å². The van der Waals surface area contributed by atoms with E-state index < -0.39 is 5.54 Å². The number of ether oxygens (including phenoxy) is 1.